The van der Waals surface area contributed by atoms with E-state index in [-0.39, 0.29) is 27.9 Å². The zero-order chi connectivity index (χ0) is 28.8. The van der Waals surface area contributed by atoms with Crippen LogP contribution in [-0.4, -0.2) is 23.1 Å². The predicted octanol–water partition coefficient (Wildman–Crippen LogP) is 3.75. The number of carbonyl (C=O) groups is 2. The molecule has 0 spiro atoms. The van der Waals surface area contributed by atoms with Crippen molar-refractivity contribution in [3.05, 3.63) is 122 Å². The molecule has 9 nitrogen and oxygen atoms in total. The van der Waals surface area contributed by atoms with Crippen LogP contribution in [0, 0.1) is 11.3 Å². The topological polar surface area (TPSA) is 127 Å². The molecule has 2 aromatic carbocycles. The molecular formula is C31H23N3O6S. The molecule has 3 aromatic heterocycles. The van der Waals surface area contributed by atoms with E-state index in [0.717, 1.165) is 16.9 Å². The molecule has 0 aliphatic rings. The number of ether oxygens (including phenoxy) is 1. The summed E-state index contributed by atoms with van der Waals surface area (Å²) in [5, 5.41) is 12.6. The molecular weight excluding hydrogens is 542 g/mol. The molecule has 0 radical (unpaired) electrons. The average Bonchev–Trinajstić information content (AvgIpc) is 3.75. The predicted molar refractivity (Wildman–Crippen MR) is 152 cm³/mol. The molecule has 0 bridgehead atoms. The number of nitrogens with one attached hydrogen (secondary N) is 1. The molecule has 1 N–H and O–H groups in total. The first kappa shape index (κ1) is 27.2. The number of hydrogen-bond donors (Lipinski definition) is 1. The van der Waals surface area contributed by atoms with Crippen LogP contribution in [0.4, 0.5) is 0 Å². The van der Waals surface area contributed by atoms with Gasteiger partial charge in [0, 0.05) is 11.6 Å². The van der Waals surface area contributed by atoms with Gasteiger partial charge in [-0.1, -0.05) is 30.3 Å². The Morgan fingerprint density at radius 3 is 2.51 bits per heavy atom. The van der Waals surface area contributed by atoms with E-state index in [4.69, 9.17) is 13.6 Å². The van der Waals surface area contributed by atoms with Gasteiger partial charge in [-0.25, -0.2) is 4.79 Å². The van der Waals surface area contributed by atoms with Crippen LogP contribution in [-0.2, 0) is 16.1 Å². The Morgan fingerprint density at radius 1 is 1.05 bits per heavy atom. The van der Waals surface area contributed by atoms with Crippen molar-refractivity contribution in [2.75, 3.05) is 6.61 Å². The fourth-order valence-corrected chi connectivity index (χ4v) is 5.11. The third-order valence-electron chi connectivity index (χ3n) is 5.97. The average molecular weight is 566 g/mol. The Labute approximate surface area is 237 Å². The van der Waals surface area contributed by atoms with E-state index >= 15 is 0 Å². The van der Waals surface area contributed by atoms with E-state index in [1.54, 1.807) is 85.8 Å². The van der Waals surface area contributed by atoms with Crippen LogP contribution in [0.2, 0.25) is 0 Å². The Balaban J connectivity index is 1.54. The van der Waals surface area contributed by atoms with Crippen molar-refractivity contribution in [1.29, 1.82) is 5.26 Å². The number of benzene rings is 2. The highest BCUT2D eigenvalue weighted by Gasteiger charge is 2.17. The van der Waals surface area contributed by atoms with E-state index < -0.39 is 17.4 Å². The number of furan rings is 2. The van der Waals surface area contributed by atoms with Crippen LogP contribution in [0.15, 0.2) is 98.8 Å². The van der Waals surface area contributed by atoms with Gasteiger partial charge in [0.1, 0.15) is 28.0 Å². The summed E-state index contributed by atoms with van der Waals surface area (Å²) in [6, 6.07) is 24.4. The van der Waals surface area contributed by atoms with Crippen LogP contribution < -0.4 is 20.1 Å². The lowest BCUT2D eigenvalue weighted by molar-refractivity contribution is -0.115. The molecule has 0 aliphatic heterocycles. The number of rotatable bonds is 8. The molecule has 0 aliphatic carbocycles. The summed E-state index contributed by atoms with van der Waals surface area (Å²) in [5.74, 6) is 0.432. The fourth-order valence-electron chi connectivity index (χ4n) is 4.03. The Morgan fingerprint density at radius 2 is 1.83 bits per heavy atom. The minimum absolute atomic E-state index is 0.0902. The summed E-state index contributed by atoms with van der Waals surface area (Å²) in [4.78, 5) is 38.6. The van der Waals surface area contributed by atoms with E-state index in [1.807, 2.05) is 12.1 Å². The van der Waals surface area contributed by atoms with Crippen LogP contribution in [0.1, 0.15) is 28.8 Å². The standard InChI is InChI=1S/C31H23N3O6S/c1-2-38-31(37)21-12-10-20(11-13-21)26-15-14-23(40-26)17-27-29(36)34(22-7-4-3-5-8-22)30(41-27)25(18-32)28(35)33-19-24-9-6-16-39-24/h3-17H,2,19H2,1H3,(H,33,35)/b27-17+,30-25-. The van der Waals surface area contributed by atoms with Gasteiger partial charge in [-0.15, -0.1) is 11.3 Å². The molecule has 0 saturated heterocycles. The number of amides is 1. The summed E-state index contributed by atoms with van der Waals surface area (Å²) in [5.41, 5.74) is 1.07. The second kappa shape index (κ2) is 12.2. The number of hydrogen-bond acceptors (Lipinski definition) is 8. The number of nitrogens with zero attached hydrogens (tertiary/aromatic N) is 2. The molecule has 204 valence electrons. The highest BCUT2D eigenvalue weighted by Crippen LogP contribution is 2.23. The van der Waals surface area contributed by atoms with Crippen molar-refractivity contribution in [2.24, 2.45) is 0 Å². The maximum Gasteiger partial charge on any atom is 0.338 e. The molecule has 0 saturated carbocycles. The first-order chi connectivity index (χ1) is 20.0. The van der Waals surface area contributed by atoms with Crippen molar-refractivity contribution < 1.29 is 23.2 Å². The number of carbonyl (C=O) groups excluding carboxylic acids is 2. The zero-order valence-electron chi connectivity index (χ0n) is 21.8. The van der Waals surface area contributed by atoms with E-state index in [9.17, 15) is 19.6 Å². The second-order valence-corrected chi connectivity index (χ2v) is 9.67. The molecule has 5 rings (SSSR count). The fraction of sp³-hybridized carbons (Fsp3) is 0.0968. The Bertz CT molecular complexity index is 1910. The van der Waals surface area contributed by atoms with Gasteiger partial charge in [0.2, 0.25) is 0 Å². The molecule has 3 heterocycles. The van der Waals surface area contributed by atoms with Crippen molar-refractivity contribution in [2.45, 2.75) is 13.5 Å². The van der Waals surface area contributed by atoms with Gasteiger partial charge in [0.15, 0.2) is 5.57 Å². The van der Waals surface area contributed by atoms with Crippen LogP contribution in [0.5, 0.6) is 0 Å². The minimum atomic E-state index is -0.632. The van der Waals surface area contributed by atoms with Crippen LogP contribution in [0.3, 0.4) is 0 Å². The maximum absolute atomic E-state index is 13.6. The first-order valence-electron chi connectivity index (χ1n) is 12.6. The van der Waals surface area contributed by atoms with Gasteiger partial charge in [-0.3, -0.25) is 14.2 Å². The molecule has 5 aromatic rings. The second-order valence-electron chi connectivity index (χ2n) is 8.64. The monoisotopic (exact) mass is 565 g/mol. The lowest BCUT2D eigenvalue weighted by atomic mass is 10.1. The Hall–Kier alpha value is -5.40. The third-order valence-corrected chi connectivity index (χ3v) is 7.07. The third kappa shape index (κ3) is 5.95. The van der Waals surface area contributed by atoms with Gasteiger partial charge in [-0.2, -0.15) is 5.26 Å². The van der Waals surface area contributed by atoms with Gasteiger partial charge < -0.3 is 18.9 Å². The van der Waals surface area contributed by atoms with E-state index in [0.29, 0.717) is 28.5 Å². The van der Waals surface area contributed by atoms with Crippen LogP contribution >= 0.6 is 11.3 Å². The Kier molecular flexibility index (Phi) is 8.08. The molecule has 0 fully saturated rings. The number of nitriles is 1. The summed E-state index contributed by atoms with van der Waals surface area (Å²) in [7, 11) is 0. The van der Waals surface area contributed by atoms with Crippen LogP contribution in [0.25, 0.3) is 28.7 Å². The summed E-state index contributed by atoms with van der Waals surface area (Å²) >= 11 is 1.01. The largest absolute Gasteiger partial charge is 0.467 e. The lowest BCUT2D eigenvalue weighted by Gasteiger charge is -2.04. The van der Waals surface area contributed by atoms with E-state index in [1.165, 1.54) is 10.8 Å². The molecule has 1 amide bonds. The van der Waals surface area contributed by atoms with Crippen molar-refractivity contribution >= 4 is 34.9 Å². The maximum atomic E-state index is 13.6. The molecule has 0 unspecified atom stereocenters. The zero-order valence-corrected chi connectivity index (χ0v) is 22.6. The first-order valence-corrected chi connectivity index (χ1v) is 13.4. The SMILES string of the molecule is CCOC(=O)c1ccc(-c2ccc(/C=c3/s/c(=C(/C#N)C(=O)NCc4ccco4)n(-c4ccccc4)c3=O)o2)cc1. The normalized spacial score (nSPS) is 12.0. The summed E-state index contributed by atoms with van der Waals surface area (Å²) in [6.07, 6.45) is 3.06. The molecule has 0 atom stereocenters. The van der Waals surface area contributed by atoms with Gasteiger partial charge >= 0.3 is 5.97 Å². The van der Waals surface area contributed by atoms with Crippen molar-refractivity contribution in [3.63, 3.8) is 0 Å². The summed E-state index contributed by atoms with van der Waals surface area (Å²) < 4.78 is 18.0. The highest BCUT2D eigenvalue weighted by atomic mass is 32.1. The molecule has 10 heteroatoms. The van der Waals surface area contributed by atoms with Gasteiger partial charge in [0.25, 0.3) is 11.5 Å². The highest BCUT2D eigenvalue weighted by molar-refractivity contribution is 7.07. The number of para-hydroxylation sites is 1. The van der Waals surface area contributed by atoms with E-state index in [2.05, 4.69) is 5.32 Å². The van der Waals surface area contributed by atoms with Crippen molar-refractivity contribution in [1.82, 2.24) is 9.88 Å². The van der Waals surface area contributed by atoms with Gasteiger partial charge in [-0.05, 0) is 55.5 Å². The smallest absolute Gasteiger partial charge is 0.338 e. The quantitative estimate of drug-likeness (QED) is 0.284. The van der Waals surface area contributed by atoms with Gasteiger partial charge in [0.05, 0.1) is 35.2 Å². The lowest BCUT2D eigenvalue weighted by Crippen LogP contribution is -2.33. The summed E-state index contributed by atoms with van der Waals surface area (Å²) in [6.45, 7) is 2.12. The number of aromatic nitrogens is 1. The number of esters is 1. The number of thiazole rings is 1. The minimum Gasteiger partial charge on any atom is -0.467 e. The molecule has 41 heavy (non-hydrogen) atoms. The van der Waals surface area contributed by atoms with Crippen molar-refractivity contribution in [3.8, 4) is 23.1 Å².